The molecule has 7 heteroatoms. The van der Waals surface area contributed by atoms with Crippen LogP contribution in [0.4, 0.5) is 0 Å². The van der Waals surface area contributed by atoms with E-state index in [0.29, 0.717) is 6.54 Å². The van der Waals surface area contributed by atoms with E-state index in [1.54, 1.807) is 0 Å². The van der Waals surface area contributed by atoms with Gasteiger partial charge in [-0.15, -0.1) is 0 Å². The second kappa shape index (κ2) is 7.15. The number of hydrogen-bond donors (Lipinski definition) is 4. The SMILES string of the molecule is CC(O)(CNC(=O)COCCN)CC(=O)O. The summed E-state index contributed by atoms with van der Waals surface area (Å²) in [6, 6.07) is 0. The van der Waals surface area contributed by atoms with Gasteiger partial charge in [-0.2, -0.15) is 0 Å². The molecule has 0 aromatic carbocycles. The monoisotopic (exact) mass is 234 g/mol. The predicted molar refractivity (Wildman–Crippen MR) is 55.8 cm³/mol. The maximum Gasteiger partial charge on any atom is 0.306 e. The lowest BCUT2D eigenvalue weighted by molar-refractivity contribution is -0.142. The summed E-state index contributed by atoms with van der Waals surface area (Å²) in [7, 11) is 0. The summed E-state index contributed by atoms with van der Waals surface area (Å²) in [5.41, 5.74) is 3.69. The van der Waals surface area contributed by atoms with Crippen molar-refractivity contribution in [1.29, 1.82) is 0 Å². The molecular formula is C9H18N2O5. The van der Waals surface area contributed by atoms with Crippen LogP contribution in [0, 0.1) is 0 Å². The van der Waals surface area contributed by atoms with Crippen LogP contribution < -0.4 is 11.1 Å². The molecule has 5 N–H and O–H groups in total. The van der Waals surface area contributed by atoms with Crippen molar-refractivity contribution in [3.63, 3.8) is 0 Å². The second-order valence-corrected chi connectivity index (χ2v) is 3.69. The Kier molecular flexibility index (Phi) is 6.63. The van der Waals surface area contributed by atoms with Crippen LogP contribution in [-0.2, 0) is 14.3 Å². The topological polar surface area (TPSA) is 122 Å². The van der Waals surface area contributed by atoms with Gasteiger partial charge >= 0.3 is 5.97 Å². The summed E-state index contributed by atoms with van der Waals surface area (Å²) in [5.74, 6) is -1.54. The highest BCUT2D eigenvalue weighted by Gasteiger charge is 2.24. The molecule has 1 unspecified atom stereocenters. The highest BCUT2D eigenvalue weighted by molar-refractivity contribution is 5.77. The number of aliphatic hydroxyl groups is 1. The average molecular weight is 234 g/mol. The normalized spacial score (nSPS) is 14.2. The van der Waals surface area contributed by atoms with Crippen molar-refractivity contribution in [2.24, 2.45) is 5.73 Å². The minimum absolute atomic E-state index is 0.135. The Bertz CT molecular complexity index is 242. The molecule has 0 spiro atoms. The van der Waals surface area contributed by atoms with Crippen molar-refractivity contribution in [3.8, 4) is 0 Å². The molecule has 0 bridgehead atoms. The fourth-order valence-corrected chi connectivity index (χ4v) is 0.977. The molecule has 0 rings (SSSR count). The molecule has 0 fully saturated rings. The number of nitrogens with two attached hydrogens (primary N) is 1. The van der Waals surface area contributed by atoms with Gasteiger partial charge in [0, 0.05) is 13.1 Å². The van der Waals surface area contributed by atoms with E-state index < -0.39 is 23.9 Å². The van der Waals surface area contributed by atoms with Crippen molar-refractivity contribution < 1.29 is 24.5 Å². The van der Waals surface area contributed by atoms with Crippen molar-refractivity contribution in [1.82, 2.24) is 5.32 Å². The lowest BCUT2D eigenvalue weighted by atomic mass is 10.0. The van der Waals surface area contributed by atoms with Gasteiger partial charge in [-0.25, -0.2) is 0 Å². The molecule has 7 nitrogen and oxygen atoms in total. The van der Waals surface area contributed by atoms with Crippen LogP contribution >= 0.6 is 0 Å². The Balaban J connectivity index is 3.77. The molecule has 0 aliphatic heterocycles. The van der Waals surface area contributed by atoms with Crippen LogP contribution in [-0.4, -0.2) is 54.0 Å². The Labute approximate surface area is 93.6 Å². The van der Waals surface area contributed by atoms with Gasteiger partial charge in [0.05, 0.1) is 18.6 Å². The number of nitrogens with one attached hydrogen (secondary N) is 1. The second-order valence-electron chi connectivity index (χ2n) is 3.69. The zero-order chi connectivity index (χ0) is 12.6. The summed E-state index contributed by atoms with van der Waals surface area (Å²) in [6.07, 6.45) is -0.434. The molecule has 0 aromatic heterocycles. The summed E-state index contributed by atoms with van der Waals surface area (Å²) < 4.78 is 4.86. The van der Waals surface area contributed by atoms with E-state index in [1.807, 2.05) is 0 Å². The van der Waals surface area contributed by atoms with Crippen molar-refractivity contribution in [2.45, 2.75) is 18.9 Å². The molecule has 0 saturated carbocycles. The summed E-state index contributed by atoms with van der Waals surface area (Å²) >= 11 is 0. The van der Waals surface area contributed by atoms with E-state index in [2.05, 4.69) is 5.32 Å². The molecule has 16 heavy (non-hydrogen) atoms. The number of carboxylic acid groups (broad SMARTS) is 1. The zero-order valence-corrected chi connectivity index (χ0v) is 9.23. The molecule has 0 aromatic rings. The van der Waals surface area contributed by atoms with E-state index >= 15 is 0 Å². The first-order valence-electron chi connectivity index (χ1n) is 4.86. The number of carboxylic acids is 1. The number of rotatable bonds is 8. The number of hydrogen-bond acceptors (Lipinski definition) is 5. The first kappa shape index (κ1) is 14.8. The molecule has 0 heterocycles. The van der Waals surface area contributed by atoms with Gasteiger partial charge in [0.2, 0.25) is 5.91 Å². The molecule has 0 aliphatic rings. The van der Waals surface area contributed by atoms with Crippen molar-refractivity contribution >= 4 is 11.9 Å². The third-order valence-corrected chi connectivity index (χ3v) is 1.69. The fourth-order valence-electron chi connectivity index (χ4n) is 0.977. The minimum Gasteiger partial charge on any atom is -0.481 e. The number of carbonyl (C=O) groups is 2. The predicted octanol–water partition coefficient (Wildman–Crippen LogP) is -1.70. The third-order valence-electron chi connectivity index (χ3n) is 1.69. The van der Waals surface area contributed by atoms with E-state index in [1.165, 1.54) is 6.92 Å². The average Bonchev–Trinajstić information content (AvgIpc) is 2.13. The first-order chi connectivity index (χ1) is 7.37. The smallest absolute Gasteiger partial charge is 0.306 e. The van der Waals surface area contributed by atoms with Gasteiger partial charge in [0.15, 0.2) is 0 Å². The van der Waals surface area contributed by atoms with Crippen molar-refractivity contribution in [3.05, 3.63) is 0 Å². The van der Waals surface area contributed by atoms with Crippen LogP contribution in [0.25, 0.3) is 0 Å². The van der Waals surface area contributed by atoms with Gasteiger partial charge in [-0.1, -0.05) is 0 Å². The highest BCUT2D eigenvalue weighted by atomic mass is 16.5. The molecule has 1 atom stereocenters. The standard InChI is InChI=1S/C9H18N2O5/c1-9(15,4-8(13)14)6-11-7(12)5-16-3-2-10/h15H,2-6,10H2,1H3,(H,11,12)(H,13,14). The fraction of sp³-hybridized carbons (Fsp3) is 0.778. The van der Waals surface area contributed by atoms with E-state index in [4.69, 9.17) is 15.6 Å². The Hall–Kier alpha value is -1.18. The molecule has 0 saturated heterocycles. The summed E-state index contributed by atoms with van der Waals surface area (Å²) in [4.78, 5) is 21.5. The number of carbonyl (C=O) groups excluding carboxylic acids is 1. The number of ether oxygens (including phenoxy) is 1. The van der Waals surface area contributed by atoms with Gasteiger partial charge in [0.25, 0.3) is 0 Å². The molecule has 1 amide bonds. The summed E-state index contributed by atoms with van der Waals surface area (Å²) in [5, 5.41) is 20.4. The molecule has 0 radical (unpaired) electrons. The lowest BCUT2D eigenvalue weighted by Crippen LogP contribution is -2.43. The van der Waals surface area contributed by atoms with Crippen molar-refractivity contribution in [2.75, 3.05) is 26.3 Å². The van der Waals surface area contributed by atoms with E-state index in [9.17, 15) is 14.7 Å². The van der Waals surface area contributed by atoms with Crippen LogP contribution in [0.1, 0.15) is 13.3 Å². The first-order valence-corrected chi connectivity index (χ1v) is 4.86. The third kappa shape index (κ3) is 8.16. The van der Waals surface area contributed by atoms with Crippen LogP contribution in [0.3, 0.4) is 0 Å². The molecule has 0 aliphatic carbocycles. The largest absolute Gasteiger partial charge is 0.481 e. The minimum atomic E-state index is -1.46. The van der Waals surface area contributed by atoms with Gasteiger partial charge < -0.3 is 26.0 Å². The van der Waals surface area contributed by atoms with Gasteiger partial charge in [0.1, 0.15) is 6.61 Å². The quantitative estimate of drug-likeness (QED) is 0.371. The number of aliphatic carboxylic acids is 1. The maximum atomic E-state index is 11.1. The Morgan fingerprint density at radius 3 is 2.62 bits per heavy atom. The number of amides is 1. The Morgan fingerprint density at radius 2 is 2.12 bits per heavy atom. The van der Waals surface area contributed by atoms with E-state index in [0.717, 1.165) is 0 Å². The Morgan fingerprint density at radius 1 is 1.50 bits per heavy atom. The van der Waals surface area contributed by atoms with Crippen LogP contribution in [0.15, 0.2) is 0 Å². The lowest BCUT2D eigenvalue weighted by Gasteiger charge is -2.21. The van der Waals surface area contributed by atoms with Crippen LogP contribution in [0.5, 0.6) is 0 Å². The molecular weight excluding hydrogens is 216 g/mol. The summed E-state index contributed by atoms with van der Waals surface area (Å²) in [6.45, 7) is 1.65. The van der Waals surface area contributed by atoms with Gasteiger partial charge in [-0.3, -0.25) is 9.59 Å². The van der Waals surface area contributed by atoms with Gasteiger partial charge in [-0.05, 0) is 6.92 Å². The zero-order valence-electron chi connectivity index (χ0n) is 9.23. The molecule has 94 valence electrons. The highest BCUT2D eigenvalue weighted by Crippen LogP contribution is 2.06. The van der Waals surface area contributed by atoms with Crippen LogP contribution in [0.2, 0.25) is 0 Å². The maximum absolute atomic E-state index is 11.1. The van der Waals surface area contributed by atoms with E-state index in [-0.39, 0.29) is 19.8 Å².